The van der Waals surface area contributed by atoms with Gasteiger partial charge in [-0.05, 0) is 23.8 Å². The van der Waals surface area contributed by atoms with Gasteiger partial charge in [-0.2, -0.15) is 0 Å². The quantitative estimate of drug-likeness (QED) is 0.839. The van der Waals surface area contributed by atoms with Gasteiger partial charge in [-0.3, -0.25) is 4.79 Å². The van der Waals surface area contributed by atoms with Crippen LogP contribution in [0.3, 0.4) is 0 Å². The number of amides is 1. The van der Waals surface area contributed by atoms with Crippen LogP contribution in [-0.4, -0.2) is 37.0 Å². The van der Waals surface area contributed by atoms with Crippen LogP contribution >= 0.6 is 0 Å². The Kier molecular flexibility index (Phi) is 4.47. The molecule has 3 nitrogen and oxygen atoms in total. The number of hydrogen-bond acceptors (Lipinski definition) is 2. The standard InChI is InChI=1S/C15H30N2O/c1-14(2,3)11-8-13(18)17(9-11)10-12(16-7)15(4,5)6/h11-12,16H,8-10H2,1-7H3. The molecule has 2 atom stereocenters. The molecule has 1 heterocycles. The second-order valence-electron chi connectivity index (χ2n) is 7.77. The molecule has 1 amide bonds. The van der Waals surface area contributed by atoms with Crippen molar-refractivity contribution in [2.45, 2.75) is 54.0 Å². The lowest BCUT2D eigenvalue weighted by atomic mass is 9.80. The van der Waals surface area contributed by atoms with E-state index in [4.69, 9.17) is 0 Å². The fourth-order valence-corrected chi connectivity index (χ4v) is 2.55. The summed E-state index contributed by atoms with van der Waals surface area (Å²) in [6.45, 7) is 15.1. The fourth-order valence-electron chi connectivity index (χ4n) is 2.55. The van der Waals surface area contributed by atoms with Crippen molar-refractivity contribution in [1.29, 1.82) is 0 Å². The summed E-state index contributed by atoms with van der Waals surface area (Å²) in [6.07, 6.45) is 0.712. The van der Waals surface area contributed by atoms with E-state index in [-0.39, 0.29) is 10.8 Å². The van der Waals surface area contributed by atoms with E-state index in [1.54, 1.807) is 0 Å². The van der Waals surface area contributed by atoms with Crippen LogP contribution < -0.4 is 5.32 Å². The average Bonchev–Trinajstić information content (AvgIpc) is 2.54. The van der Waals surface area contributed by atoms with Crippen molar-refractivity contribution in [2.24, 2.45) is 16.7 Å². The molecule has 0 aromatic rings. The third kappa shape index (κ3) is 3.71. The van der Waals surface area contributed by atoms with Gasteiger partial charge in [0, 0.05) is 25.6 Å². The fraction of sp³-hybridized carbons (Fsp3) is 0.933. The van der Waals surface area contributed by atoms with Crippen molar-refractivity contribution in [1.82, 2.24) is 10.2 Å². The lowest BCUT2D eigenvalue weighted by Crippen LogP contribution is -2.47. The highest BCUT2D eigenvalue weighted by Crippen LogP contribution is 2.34. The van der Waals surface area contributed by atoms with E-state index in [0.29, 0.717) is 24.3 Å². The molecule has 1 saturated heterocycles. The van der Waals surface area contributed by atoms with E-state index < -0.39 is 0 Å². The van der Waals surface area contributed by atoms with Gasteiger partial charge in [0.05, 0.1) is 0 Å². The molecule has 0 aromatic carbocycles. The minimum atomic E-state index is 0.175. The van der Waals surface area contributed by atoms with E-state index in [9.17, 15) is 4.79 Å². The van der Waals surface area contributed by atoms with Crippen molar-refractivity contribution >= 4 is 5.91 Å². The number of rotatable bonds is 3. The lowest BCUT2D eigenvalue weighted by Gasteiger charge is -2.34. The molecule has 0 spiro atoms. The summed E-state index contributed by atoms with van der Waals surface area (Å²) in [7, 11) is 1.98. The molecule has 0 bridgehead atoms. The number of likely N-dealkylation sites (N-methyl/N-ethyl adjacent to an activating group) is 1. The predicted octanol–water partition coefficient (Wildman–Crippen LogP) is 2.52. The van der Waals surface area contributed by atoms with Crippen LogP contribution in [0.4, 0.5) is 0 Å². The summed E-state index contributed by atoms with van der Waals surface area (Å²) in [4.78, 5) is 14.2. The largest absolute Gasteiger partial charge is 0.341 e. The van der Waals surface area contributed by atoms with E-state index in [1.807, 2.05) is 11.9 Å². The van der Waals surface area contributed by atoms with Gasteiger partial charge in [-0.15, -0.1) is 0 Å². The first-order valence-electron chi connectivity index (χ1n) is 7.00. The lowest BCUT2D eigenvalue weighted by molar-refractivity contribution is -0.128. The Bertz CT molecular complexity index is 299. The second-order valence-corrected chi connectivity index (χ2v) is 7.77. The molecular formula is C15H30N2O. The van der Waals surface area contributed by atoms with Gasteiger partial charge in [-0.25, -0.2) is 0 Å². The van der Waals surface area contributed by atoms with Crippen LogP contribution in [-0.2, 0) is 4.79 Å². The van der Waals surface area contributed by atoms with Crippen LogP contribution in [0.2, 0.25) is 0 Å². The molecule has 0 saturated carbocycles. The van der Waals surface area contributed by atoms with E-state index in [0.717, 1.165) is 13.1 Å². The summed E-state index contributed by atoms with van der Waals surface area (Å²) in [5.41, 5.74) is 0.399. The first kappa shape index (κ1) is 15.5. The van der Waals surface area contributed by atoms with Crippen molar-refractivity contribution < 1.29 is 4.79 Å². The average molecular weight is 254 g/mol. The van der Waals surface area contributed by atoms with Crippen molar-refractivity contribution in [3.8, 4) is 0 Å². The number of carbonyl (C=O) groups is 1. The Morgan fingerprint density at radius 1 is 1.28 bits per heavy atom. The Morgan fingerprint density at radius 3 is 2.17 bits per heavy atom. The van der Waals surface area contributed by atoms with E-state index in [1.165, 1.54) is 0 Å². The minimum Gasteiger partial charge on any atom is -0.341 e. The van der Waals surface area contributed by atoms with E-state index in [2.05, 4.69) is 46.9 Å². The third-order valence-corrected chi connectivity index (χ3v) is 4.24. The normalized spacial score (nSPS) is 23.6. The topological polar surface area (TPSA) is 32.3 Å². The van der Waals surface area contributed by atoms with Gasteiger partial charge in [-0.1, -0.05) is 41.5 Å². The monoisotopic (exact) mass is 254 g/mol. The van der Waals surface area contributed by atoms with Gasteiger partial charge in [0.2, 0.25) is 5.91 Å². The molecule has 18 heavy (non-hydrogen) atoms. The van der Waals surface area contributed by atoms with Crippen LogP contribution in [0.1, 0.15) is 48.0 Å². The molecule has 2 unspecified atom stereocenters. The van der Waals surface area contributed by atoms with Crippen LogP contribution in [0.25, 0.3) is 0 Å². The number of nitrogens with one attached hydrogen (secondary N) is 1. The zero-order chi connectivity index (χ0) is 14.1. The number of likely N-dealkylation sites (tertiary alicyclic amines) is 1. The summed E-state index contributed by atoms with van der Waals surface area (Å²) in [5, 5.41) is 3.35. The highest BCUT2D eigenvalue weighted by atomic mass is 16.2. The van der Waals surface area contributed by atoms with Crippen molar-refractivity contribution in [3.05, 3.63) is 0 Å². The SMILES string of the molecule is CNC(CN1CC(C(C)(C)C)CC1=O)C(C)(C)C. The van der Waals surface area contributed by atoms with Crippen LogP contribution in [0.15, 0.2) is 0 Å². The highest BCUT2D eigenvalue weighted by molar-refractivity contribution is 5.78. The maximum Gasteiger partial charge on any atom is 0.222 e. The zero-order valence-corrected chi connectivity index (χ0v) is 13.1. The third-order valence-electron chi connectivity index (χ3n) is 4.24. The van der Waals surface area contributed by atoms with Gasteiger partial charge in [0.15, 0.2) is 0 Å². The Labute approximate surface area is 112 Å². The van der Waals surface area contributed by atoms with Gasteiger partial charge in [0.25, 0.3) is 0 Å². The molecular weight excluding hydrogens is 224 g/mol. The van der Waals surface area contributed by atoms with Crippen LogP contribution in [0, 0.1) is 16.7 Å². The van der Waals surface area contributed by atoms with Crippen LogP contribution in [0.5, 0.6) is 0 Å². The van der Waals surface area contributed by atoms with Crippen molar-refractivity contribution in [3.63, 3.8) is 0 Å². The Morgan fingerprint density at radius 2 is 1.83 bits per heavy atom. The molecule has 1 aliphatic rings. The first-order valence-corrected chi connectivity index (χ1v) is 7.00. The molecule has 0 radical (unpaired) electrons. The summed E-state index contributed by atoms with van der Waals surface area (Å²) in [6, 6.07) is 0.347. The van der Waals surface area contributed by atoms with Gasteiger partial charge in [0.1, 0.15) is 0 Å². The summed E-state index contributed by atoms with van der Waals surface area (Å²) in [5.74, 6) is 0.807. The Hall–Kier alpha value is -0.570. The molecule has 1 aliphatic heterocycles. The highest BCUT2D eigenvalue weighted by Gasteiger charge is 2.38. The van der Waals surface area contributed by atoms with Crippen molar-refractivity contribution in [2.75, 3.05) is 20.1 Å². The minimum absolute atomic E-state index is 0.175. The molecule has 0 aliphatic carbocycles. The molecule has 1 fully saturated rings. The Balaban J connectivity index is 2.67. The maximum atomic E-state index is 12.1. The van der Waals surface area contributed by atoms with Gasteiger partial charge < -0.3 is 10.2 Å². The smallest absolute Gasteiger partial charge is 0.222 e. The number of carbonyl (C=O) groups excluding carboxylic acids is 1. The predicted molar refractivity (Wildman–Crippen MR) is 76.4 cm³/mol. The summed E-state index contributed by atoms with van der Waals surface area (Å²) >= 11 is 0. The molecule has 106 valence electrons. The first-order chi connectivity index (χ1) is 8.05. The second kappa shape index (κ2) is 5.20. The number of hydrogen-bond donors (Lipinski definition) is 1. The molecule has 1 N–H and O–H groups in total. The zero-order valence-electron chi connectivity index (χ0n) is 13.1. The molecule has 0 aromatic heterocycles. The van der Waals surface area contributed by atoms with E-state index >= 15 is 0 Å². The van der Waals surface area contributed by atoms with Gasteiger partial charge >= 0.3 is 0 Å². The maximum absolute atomic E-state index is 12.1. The summed E-state index contributed by atoms with van der Waals surface area (Å²) < 4.78 is 0. The molecule has 1 rings (SSSR count). The number of nitrogens with zero attached hydrogens (tertiary/aromatic N) is 1. The molecule has 3 heteroatoms.